The van der Waals surface area contributed by atoms with Crippen LogP contribution < -0.4 is 5.32 Å². The maximum atomic E-state index is 12.2. The van der Waals surface area contributed by atoms with Crippen molar-refractivity contribution >= 4 is 48.6 Å². The van der Waals surface area contributed by atoms with Crippen LogP contribution in [0.1, 0.15) is 6.23 Å². The summed E-state index contributed by atoms with van der Waals surface area (Å²) in [5.74, 6) is 0.0451. The van der Waals surface area contributed by atoms with E-state index in [2.05, 4.69) is 49.6 Å². The Hall–Kier alpha value is -1.15. The molecular weight excluding hydrogens is 600 g/mol. The lowest BCUT2D eigenvalue weighted by molar-refractivity contribution is -0.0516. The lowest BCUT2D eigenvalue weighted by Crippen LogP contribution is -2.37. The number of hydrogen-bond acceptors (Lipinski definition) is 15. The van der Waals surface area contributed by atoms with Crippen molar-refractivity contribution in [1.29, 1.82) is 0 Å². The fourth-order valence-electron chi connectivity index (χ4n) is 3.95. The van der Waals surface area contributed by atoms with Gasteiger partial charge in [0.15, 0.2) is 34.2 Å². The Morgan fingerprint density at radius 2 is 1.56 bits per heavy atom. The highest BCUT2D eigenvalue weighted by Gasteiger charge is 2.48. The van der Waals surface area contributed by atoms with Gasteiger partial charge in [-0.1, -0.05) is 0 Å². The summed E-state index contributed by atoms with van der Waals surface area (Å²) in [6.45, 7) is -1.67. The molecule has 5 heterocycles. The van der Waals surface area contributed by atoms with Gasteiger partial charge in [-0.05, 0) is 15.9 Å². The minimum absolute atomic E-state index is 0.0451. The highest BCUT2D eigenvalue weighted by molar-refractivity contribution is 9.10. The highest BCUT2D eigenvalue weighted by Crippen LogP contribution is 2.60. The number of aromatic nitrogens is 4. The number of anilines is 1. The number of aliphatic hydroxyl groups is 4. The Kier molecular flexibility index (Phi) is 7.02. The molecule has 7 N–H and O–H groups in total. The normalized spacial score (nSPS) is 43.9. The first-order chi connectivity index (χ1) is 16.9. The van der Waals surface area contributed by atoms with Crippen molar-refractivity contribution in [3.05, 3.63) is 11.1 Å². The first-order valence-electron chi connectivity index (χ1n) is 10.2. The number of phosphoric ester groups is 2. The van der Waals surface area contributed by atoms with Crippen LogP contribution in [0.4, 0.5) is 5.82 Å². The van der Waals surface area contributed by atoms with Crippen molar-refractivity contribution in [3.63, 3.8) is 0 Å². The van der Waals surface area contributed by atoms with Gasteiger partial charge in [-0.3, -0.25) is 13.6 Å². The number of aliphatic hydroxyl groups excluding tert-OH is 4. The van der Waals surface area contributed by atoms with Gasteiger partial charge in [-0.2, -0.15) is 4.31 Å². The van der Waals surface area contributed by atoms with Crippen molar-refractivity contribution in [2.24, 2.45) is 0 Å². The van der Waals surface area contributed by atoms with Gasteiger partial charge >= 0.3 is 15.6 Å². The van der Waals surface area contributed by atoms with Crippen LogP contribution in [0.25, 0.3) is 11.2 Å². The minimum atomic E-state index is -5.26. The topological polar surface area (TPSA) is 257 Å². The zero-order valence-electron chi connectivity index (χ0n) is 17.7. The molecule has 10 atom stereocenters. The molecule has 2 fully saturated rings. The van der Waals surface area contributed by atoms with E-state index in [-0.39, 0.29) is 21.7 Å². The van der Waals surface area contributed by atoms with Crippen LogP contribution in [0.3, 0.4) is 0 Å². The highest BCUT2D eigenvalue weighted by atomic mass is 79.9. The number of hydrogen-bond donors (Lipinski definition) is 7. The molecule has 21 heteroatoms. The molecule has 2 aromatic heterocycles. The number of halogens is 1. The van der Waals surface area contributed by atoms with Crippen LogP contribution in [-0.2, 0) is 32.0 Å². The second-order valence-electron chi connectivity index (χ2n) is 8.02. The summed E-state index contributed by atoms with van der Waals surface area (Å²) < 4.78 is 50.4. The molecule has 0 aliphatic carbocycles. The number of rotatable bonds is 0. The van der Waals surface area contributed by atoms with Crippen LogP contribution in [0.15, 0.2) is 11.1 Å². The van der Waals surface area contributed by atoms with Crippen molar-refractivity contribution < 1.29 is 62.2 Å². The number of nitrogens with zero attached hydrogens (tertiary/aromatic N) is 4. The average Bonchev–Trinajstić information content (AvgIpc) is 3.37. The molecule has 5 rings (SSSR count). The molecule has 8 bridgehead atoms. The second kappa shape index (κ2) is 9.55. The molecule has 18 nitrogen and oxygen atoms in total. The van der Waals surface area contributed by atoms with Crippen molar-refractivity contribution in [2.45, 2.75) is 49.1 Å². The molecule has 2 aromatic rings. The van der Waals surface area contributed by atoms with Gasteiger partial charge in [0.2, 0.25) is 0 Å². The fourth-order valence-corrected chi connectivity index (χ4v) is 6.58. The molecule has 0 radical (unpaired) electrons. The zero-order valence-corrected chi connectivity index (χ0v) is 21.1. The van der Waals surface area contributed by atoms with E-state index in [0.717, 1.165) is 6.33 Å². The Morgan fingerprint density at radius 1 is 0.944 bits per heavy atom. The largest absolute Gasteiger partial charge is 0.481 e. The van der Waals surface area contributed by atoms with E-state index in [1.807, 2.05) is 0 Å². The van der Waals surface area contributed by atoms with E-state index >= 15 is 0 Å². The number of phosphoric acid groups is 2. The second-order valence-corrected chi connectivity index (χ2v) is 11.8. The molecule has 0 amide bonds. The Morgan fingerprint density at radius 3 is 2.22 bits per heavy atom. The van der Waals surface area contributed by atoms with Crippen LogP contribution in [0.5, 0.6) is 0 Å². The van der Waals surface area contributed by atoms with E-state index in [1.54, 1.807) is 0 Å². The van der Waals surface area contributed by atoms with Gasteiger partial charge in [0, 0.05) is 0 Å². The third kappa shape index (κ3) is 4.85. The predicted molar refractivity (Wildman–Crippen MR) is 116 cm³/mol. The standard InChI is InChI=1S/C15H20BrN5O13P2/c16-15-19-6-11-17-3-18-12(6)21(15)14-10(25)8(23)5(33-14)2-31-36(28,29)34-35(26,27)30-1-4-7(22)9(24)13(20-11)32-4/h3-5,7-10,13-14,22-25H,1-2H2,(H,26,27)(H,28,29)(H,17,18,20)/t4-,5-,7-,8-,9-,10-,13-,14-/m1/s1. The molecule has 2 unspecified atom stereocenters. The van der Waals surface area contributed by atoms with Crippen LogP contribution in [-0.4, -0.2) is 106 Å². The molecular formula is C15H20BrN5O13P2. The number of ether oxygens (including phenoxy) is 2. The van der Waals surface area contributed by atoms with Gasteiger partial charge in [-0.15, -0.1) is 0 Å². The zero-order chi connectivity index (χ0) is 26.0. The molecule has 200 valence electrons. The molecule has 0 spiro atoms. The molecule has 3 aliphatic rings. The first kappa shape index (κ1) is 26.5. The van der Waals surface area contributed by atoms with E-state index in [1.165, 1.54) is 4.57 Å². The lowest BCUT2D eigenvalue weighted by Gasteiger charge is -2.21. The summed E-state index contributed by atoms with van der Waals surface area (Å²) in [4.78, 5) is 32.2. The smallest absolute Gasteiger partial charge is 0.387 e. The first-order valence-corrected chi connectivity index (χ1v) is 14.0. The monoisotopic (exact) mass is 619 g/mol. The summed E-state index contributed by atoms with van der Waals surface area (Å²) >= 11 is 3.23. The van der Waals surface area contributed by atoms with Crippen molar-refractivity contribution in [2.75, 3.05) is 18.5 Å². The van der Waals surface area contributed by atoms with E-state index in [0.29, 0.717) is 0 Å². The predicted octanol–water partition coefficient (Wildman–Crippen LogP) is -1.67. The molecule has 3 aliphatic heterocycles. The van der Waals surface area contributed by atoms with Crippen LogP contribution in [0.2, 0.25) is 0 Å². The van der Waals surface area contributed by atoms with Gasteiger partial charge in [0.05, 0.1) is 13.2 Å². The van der Waals surface area contributed by atoms with Gasteiger partial charge in [-0.25, -0.2) is 24.1 Å². The summed E-state index contributed by atoms with van der Waals surface area (Å²) in [6.07, 6.45) is -10.6. The third-order valence-corrected chi connectivity index (χ3v) is 8.84. The third-order valence-electron chi connectivity index (χ3n) is 5.68. The lowest BCUT2D eigenvalue weighted by atomic mass is 10.1. The molecule has 0 aromatic carbocycles. The van der Waals surface area contributed by atoms with Crippen molar-refractivity contribution in [1.82, 2.24) is 19.5 Å². The Labute approximate surface area is 209 Å². The summed E-state index contributed by atoms with van der Waals surface area (Å²) in [6, 6.07) is 0. The number of nitrogens with one attached hydrogen (secondary N) is 1. The van der Waals surface area contributed by atoms with Gasteiger partial charge in [0.1, 0.15) is 43.0 Å². The van der Waals surface area contributed by atoms with Gasteiger partial charge in [0.25, 0.3) is 0 Å². The van der Waals surface area contributed by atoms with E-state index in [4.69, 9.17) is 9.47 Å². The number of fused-ring (bicyclic) bond motifs is 5. The van der Waals surface area contributed by atoms with Crippen molar-refractivity contribution in [3.8, 4) is 0 Å². The molecule has 2 saturated heterocycles. The minimum Gasteiger partial charge on any atom is -0.387 e. The Balaban J connectivity index is 1.55. The maximum Gasteiger partial charge on any atom is 0.481 e. The van der Waals surface area contributed by atoms with E-state index in [9.17, 15) is 39.3 Å². The average molecular weight is 620 g/mol. The summed E-state index contributed by atoms with van der Waals surface area (Å²) in [5.41, 5.74) is 0.234. The maximum absolute atomic E-state index is 12.2. The fraction of sp³-hybridized carbons (Fsp3) is 0.667. The van der Waals surface area contributed by atoms with E-state index < -0.39 is 77.9 Å². The van der Waals surface area contributed by atoms with Crippen LogP contribution in [0, 0.1) is 0 Å². The Bertz CT molecular complexity index is 1250. The quantitative estimate of drug-likeness (QED) is 0.128. The SMILES string of the molecule is O=P1(O)OC[C@H]2O[C@@H](Nc3ncnc4c3nc(Br)n4[C@@H]3O[C@H](COP(=O)(O)O1)[C@@H](O)[C@H]3O)[C@H](O)[C@@H]2O. The van der Waals surface area contributed by atoms with Gasteiger partial charge < -0.3 is 45.0 Å². The molecule has 36 heavy (non-hydrogen) atoms. The summed E-state index contributed by atoms with van der Waals surface area (Å²) in [7, 11) is -10.5. The van der Waals surface area contributed by atoms with Crippen LogP contribution >= 0.6 is 31.6 Å². The summed E-state index contributed by atoms with van der Waals surface area (Å²) in [5, 5.41) is 44.4. The molecule has 0 saturated carbocycles. The number of imidazole rings is 1.